The first-order chi connectivity index (χ1) is 13.6. The Bertz CT molecular complexity index is 917. The van der Waals surface area contributed by atoms with Crippen molar-refractivity contribution in [3.05, 3.63) is 95.6 Å². The SMILES string of the molecule is Cc1ccc(N=Cc2ccc(OCC(=O)N[C@@H](C)c3ccccc3)cc2)cc1. The first-order valence-corrected chi connectivity index (χ1v) is 9.28. The molecule has 0 saturated carbocycles. The quantitative estimate of drug-likeness (QED) is 0.593. The molecule has 0 aliphatic heterocycles. The van der Waals surface area contributed by atoms with Crippen LogP contribution in [0, 0.1) is 6.92 Å². The van der Waals surface area contributed by atoms with Gasteiger partial charge in [0.25, 0.3) is 5.91 Å². The molecule has 28 heavy (non-hydrogen) atoms. The zero-order chi connectivity index (χ0) is 19.8. The molecule has 0 aliphatic rings. The summed E-state index contributed by atoms with van der Waals surface area (Å²) in [7, 11) is 0. The van der Waals surface area contributed by atoms with Gasteiger partial charge in [-0.1, -0.05) is 48.0 Å². The Balaban J connectivity index is 1.48. The summed E-state index contributed by atoms with van der Waals surface area (Å²) in [6.07, 6.45) is 1.81. The molecule has 0 heterocycles. The highest BCUT2D eigenvalue weighted by atomic mass is 16.5. The van der Waals surface area contributed by atoms with Crippen molar-refractivity contribution in [3.63, 3.8) is 0 Å². The van der Waals surface area contributed by atoms with Crippen LogP contribution in [-0.2, 0) is 4.79 Å². The molecule has 3 rings (SSSR count). The number of benzene rings is 3. The van der Waals surface area contributed by atoms with E-state index >= 15 is 0 Å². The number of aliphatic imine (C=N–C) groups is 1. The van der Waals surface area contributed by atoms with Gasteiger partial charge >= 0.3 is 0 Å². The van der Waals surface area contributed by atoms with Crippen molar-refractivity contribution in [1.82, 2.24) is 5.32 Å². The van der Waals surface area contributed by atoms with E-state index in [1.807, 2.05) is 92.0 Å². The number of nitrogens with one attached hydrogen (secondary N) is 1. The van der Waals surface area contributed by atoms with Gasteiger partial charge in [0.15, 0.2) is 6.61 Å². The Morgan fingerprint density at radius 2 is 1.68 bits per heavy atom. The summed E-state index contributed by atoms with van der Waals surface area (Å²) in [4.78, 5) is 16.5. The molecule has 142 valence electrons. The van der Waals surface area contributed by atoms with Crippen LogP contribution in [0.1, 0.15) is 29.7 Å². The first kappa shape index (κ1) is 19.4. The Morgan fingerprint density at radius 3 is 2.36 bits per heavy atom. The zero-order valence-corrected chi connectivity index (χ0v) is 16.1. The van der Waals surface area contributed by atoms with Crippen LogP contribution in [0.25, 0.3) is 0 Å². The normalized spacial score (nSPS) is 11.9. The van der Waals surface area contributed by atoms with Crippen LogP contribution in [0.15, 0.2) is 83.9 Å². The van der Waals surface area contributed by atoms with Crippen LogP contribution in [0.3, 0.4) is 0 Å². The van der Waals surface area contributed by atoms with Crippen molar-refractivity contribution in [2.45, 2.75) is 19.9 Å². The van der Waals surface area contributed by atoms with Gasteiger partial charge in [0, 0.05) is 6.21 Å². The number of amides is 1. The molecule has 1 atom stereocenters. The lowest BCUT2D eigenvalue weighted by Crippen LogP contribution is -2.31. The fourth-order valence-corrected chi connectivity index (χ4v) is 2.69. The monoisotopic (exact) mass is 372 g/mol. The molecule has 0 aromatic heterocycles. The molecule has 1 N–H and O–H groups in total. The van der Waals surface area contributed by atoms with Crippen LogP contribution in [0.2, 0.25) is 0 Å². The molecule has 0 saturated heterocycles. The molecule has 0 radical (unpaired) electrons. The summed E-state index contributed by atoms with van der Waals surface area (Å²) in [6, 6.07) is 25.3. The molecular weight excluding hydrogens is 348 g/mol. The average Bonchev–Trinajstić information content (AvgIpc) is 2.73. The zero-order valence-electron chi connectivity index (χ0n) is 16.1. The molecule has 3 aromatic carbocycles. The standard InChI is InChI=1S/C24H24N2O2/c1-18-8-12-22(13-9-18)25-16-20-10-14-23(15-11-20)28-17-24(27)26-19(2)21-6-4-3-5-7-21/h3-16,19H,17H2,1-2H3,(H,26,27)/t19-/m0/s1. The summed E-state index contributed by atoms with van der Waals surface area (Å²) in [5.74, 6) is 0.497. The van der Waals surface area contributed by atoms with Crippen molar-refractivity contribution >= 4 is 17.8 Å². The van der Waals surface area contributed by atoms with E-state index in [4.69, 9.17) is 4.74 Å². The lowest BCUT2D eigenvalue weighted by molar-refractivity contribution is -0.123. The maximum Gasteiger partial charge on any atom is 0.258 e. The van der Waals surface area contributed by atoms with E-state index in [1.54, 1.807) is 0 Å². The Hall–Kier alpha value is -3.40. The van der Waals surface area contributed by atoms with Crippen molar-refractivity contribution in [1.29, 1.82) is 0 Å². The minimum Gasteiger partial charge on any atom is -0.484 e. The van der Waals surface area contributed by atoms with E-state index in [9.17, 15) is 4.79 Å². The van der Waals surface area contributed by atoms with Crippen LogP contribution in [-0.4, -0.2) is 18.7 Å². The van der Waals surface area contributed by atoms with Gasteiger partial charge in [0.1, 0.15) is 5.75 Å². The summed E-state index contributed by atoms with van der Waals surface area (Å²) >= 11 is 0. The highest BCUT2D eigenvalue weighted by Gasteiger charge is 2.09. The number of carbonyl (C=O) groups is 1. The van der Waals surface area contributed by atoms with Crippen LogP contribution < -0.4 is 10.1 Å². The molecule has 0 fully saturated rings. The smallest absolute Gasteiger partial charge is 0.258 e. The Morgan fingerprint density at radius 1 is 1.00 bits per heavy atom. The average molecular weight is 372 g/mol. The van der Waals surface area contributed by atoms with Crippen molar-refractivity contribution in [2.75, 3.05) is 6.61 Å². The highest BCUT2D eigenvalue weighted by molar-refractivity contribution is 5.82. The Kier molecular flexibility index (Phi) is 6.58. The lowest BCUT2D eigenvalue weighted by atomic mass is 10.1. The lowest BCUT2D eigenvalue weighted by Gasteiger charge is -2.14. The fraction of sp³-hybridized carbons (Fsp3) is 0.167. The second kappa shape index (κ2) is 9.51. The molecule has 0 aliphatic carbocycles. The summed E-state index contributed by atoms with van der Waals surface area (Å²) in [5, 5.41) is 2.94. The molecular formula is C24H24N2O2. The van der Waals surface area contributed by atoms with E-state index in [2.05, 4.69) is 17.2 Å². The molecule has 4 heteroatoms. The van der Waals surface area contributed by atoms with Crippen LogP contribution in [0.4, 0.5) is 5.69 Å². The second-order valence-electron chi connectivity index (χ2n) is 6.65. The number of ether oxygens (including phenoxy) is 1. The molecule has 1 amide bonds. The first-order valence-electron chi connectivity index (χ1n) is 9.28. The van der Waals surface area contributed by atoms with E-state index in [0.717, 1.165) is 16.8 Å². The highest BCUT2D eigenvalue weighted by Crippen LogP contribution is 2.15. The molecule has 3 aromatic rings. The van der Waals surface area contributed by atoms with Crippen LogP contribution in [0.5, 0.6) is 5.75 Å². The molecule has 0 unspecified atom stereocenters. The minimum atomic E-state index is -0.152. The van der Waals surface area contributed by atoms with E-state index in [0.29, 0.717) is 5.75 Å². The van der Waals surface area contributed by atoms with Gasteiger partial charge in [-0.15, -0.1) is 0 Å². The number of rotatable bonds is 7. The van der Waals surface area contributed by atoms with Crippen LogP contribution >= 0.6 is 0 Å². The summed E-state index contributed by atoms with van der Waals surface area (Å²) < 4.78 is 5.58. The third-order valence-electron chi connectivity index (χ3n) is 4.32. The maximum atomic E-state index is 12.1. The van der Waals surface area contributed by atoms with Crippen molar-refractivity contribution in [3.8, 4) is 5.75 Å². The third-order valence-corrected chi connectivity index (χ3v) is 4.32. The minimum absolute atomic E-state index is 0.0199. The summed E-state index contributed by atoms with van der Waals surface area (Å²) in [5.41, 5.74) is 4.15. The van der Waals surface area contributed by atoms with Gasteiger partial charge < -0.3 is 10.1 Å². The number of nitrogens with zero attached hydrogens (tertiary/aromatic N) is 1. The van der Waals surface area contributed by atoms with E-state index in [-0.39, 0.29) is 18.6 Å². The van der Waals surface area contributed by atoms with Crippen molar-refractivity contribution in [2.24, 2.45) is 4.99 Å². The number of hydrogen-bond acceptors (Lipinski definition) is 3. The largest absolute Gasteiger partial charge is 0.484 e. The van der Waals surface area contributed by atoms with E-state index in [1.165, 1.54) is 5.56 Å². The molecule has 0 spiro atoms. The van der Waals surface area contributed by atoms with Gasteiger partial charge in [0.05, 0.1) is 11.7 Å². The predicted molar refractivity (Wildman–Crippen MR) is 113 cm³/mol. The number of aryl methyl sites for hydroxylation is 1. The summed E-state index contributed by atoms with van der Waals surface area (Å²) in [6.45, 7) is 3.98. The van der Waals surface area contributed by atoms with Gasteiger partial charge in [-0.3, -0.25) is 9.79 Å². The van der Waals surface area contributed by atoms with Crippen molar-refractivity contribution < 1.29 is 9.53 Å². The van der Waals surface area contributed by atoms with Gasteiger partial charge in [-0.2, -0.15) is 0 Å². The van der Waals surface area contributed by atoms with Gasteiger partial charge in [-0.25, -0.2) is 0 Å². The number of carbonyl (C=O) groups excluding carboxylic acids is 1. The second-order valence-corrected chi connectivity index (χ2v) is 6.65. The molecule has 4 nitrogen and oxygen atoms in total. The Labute approximate surface area is 165 Å². The fourth-order valence-electron chi connectivity index (χ4n) is 2.69. The topological polar surface area (TPSA) is 50.7 Å². The number of hydrogen-bond donors (Lipinski definition) is 1. The van der Waals surface area contributed by atoms with Gasteiger partial charge in [0.2, 0.25) is 0 Å². The predicted octanol–water partition coefficient (Wildman–Crippen LogP) is 5.00. The molecule has 0 bridgehead atoms. The maximum absolute atomic E-state index is 12.1. The van der Waals surface area contributed by atoms with E-state index < -0.39 is 0 Å². The third kappa shape index (κ3) is 5.81. The van der Waals surface area contributed by atoms with Gasteiger partial charge in [-0.05, 0) is 61.4 Å².